The predicted octanol–water partition coefficient (Wildman–Crippen LogP) is 4.31. The number of para-hydroxylation sites is 2. The van der Waals surface area contributed by atoms with Crippen LogP contribution in [0, 0.1) is 0 Å². The normalized spacial score (nSPS) is 13.6. The number of hydrogen-bond donors (Lipinski definition) is 0. The van der Waals surface area contributed by atoms with Gasteiger partial charge in [-0.15, -0.1) is 0 Å². The molecule has 0 aliphatic carbocycles. The smallest absolute Gasteiger partial charge is 0.259 e. The summed E-state index contributed by atoms with van der Waals surface area (Å²) in [4.78, 5) is 20.2. The predicted molar refractivity (Wildman–Crippen MR) is 109 cm³/mol. The van der Waals surface area contributed by atoms with Crippen molar-refractivity contribution in [3.05, 3.63) is 60.5 Å². The van der Waals surface area contributed by atoms with E-state index in [1.54, 1.807) is 29.5 Å². The van der Waals surface area contributed by atoms with Gasteiger partial charge in [0.15, 0.2) is 11.4 Å². The van der Waals surface area contributed by atoms with E-state index in [9.17, 15) is 4.79 Å². The largest absolute Gasteiger partial charge is 0.490 e. The molecule has 4 aromatic rings. The molecular weight excluding hydrogens is 368 g/mol. The maximum absolute atomic E-state index is 13.7. The molecular formula is C22H20N4O3. The lowest BCUT2D eigenvalue weighted by Gasteiger charge is -2.29. The number of anilines is 1. The molecule has 0 unspecified atom stereocenters. The van der Waals surface area contributed by atoms with Gasteiger partial charge in [-0.05, 0) is 44.2 Å². The number of benzene rings is 1. The molecule has 0 saturated heterocycles. The summed E-state index contributed by atoms with van der Waals surface area (Å²) in [5, 5.41) is 5.20. The van der Waals surface area contributed by atoms with Crippen LogP contribution in [0.2, 0.25) is 0 Å². The van der Waals surface area contributed by atoms with E-state index in [4.69, 9.17) is 14.1 Å². The highest BCUT2D eigenvalue weighted by molar-refractivity contribution is 6.14. The Morgan fingerprint density at radius 2 is 2.03 bits per heavy atom. The Kier molecular flexibility index (Phi) is 4.08. The maximum atomic E-state index is 13.7. The van der Waals surface area contributed by atoms with Gasteiger partial charge in [0, 0.05) is 6.04 Å². The van der Waals surface area contributed by atoms with Crippen molar-refractivity contribution < 1.29 is 13.9 Å². The van der Waals surface area contributed by atoms with Crippen molar-refractivity contribution in [1.82, 2.24) is 14.8 Å². The first-order valence-corrected chi connectivity index (χ1v) is 9.59. The number of ether oxygens (including phenoxy) is 1. The maximum Gasteiger partial charge on any atom is 0.259 e. The monoisotopic (exact) mass is 388 g/mol. The quantitative estimate of drug-likeness (QED) is 0.523. The first kappa shape index (κ1) is 17.5. The summed E-state index contributed by atoms with van der Waals surface area (Å²) in [7, 11) is 0. The van der Waals surface area contributed by atoms with Crippen molar-refractivity contribution in [1.29, 1.82) is 0 Å². The molecule has 29 heavy (non-hydrogen) atoms. The van der Waals surface area contributed by atoms with E-state index in [2.05, 4.69) is 5.10 Å². The molecule has 146 valence electrons. The summed E-state index contributed by atoms with van der Waals surface area (Å²) in [5.74, 6) is 1.21. The van der Waals surface area contributed by atoms with E-state index in [0.717, 1.165) is 11.1 Å². The third-order valence-corrected chi connectivity index (χ3v) is 5.03. The second-order valence-electron chi connectivity index (χ2n) is 7.23. The van der Waals surface area contributed by atoms with Gasteiger partial charge in [0.25, 0.3) is 5.91 Å². The van der Waals surface area contributed by atoms with Crippen molar-refractivity contribution in [3.8, 4) is 17.2 Å². The summed E-state index contributed by atoms with van der Waals surface area (Å²) in [6, 6.07) is 13.1. The second kappa shape index (κ2) is 6.77. The van der Waals surface area contributed by atoms with Crippen LogP contribution in [-0.2, 0) is 0 Å². The van der Waals surface area contributed by atoms with Crippen LogP contribution in [0.25, 0.3) is 22.5 Å². The molecule has 3 aromatic heterocycles. The zero-order chi connectivity index (χ0) is 20.0. The molecule has 7 heteroatoms. The van der Waals surface area contributed by atoms with Crippen LogP contribution in [0.4, 0.5) is 5.69 Å². The van der Waals surface area contributed by atoms with Crippen molar-refractivity contribution in [2.24, 2.45) is 0 Å². The number of carbonyl (C=O) groups excluding carboxylic acids is 1. The summed E-state index contributed by atoms with van der Waals surface area (Å²) in [6.45, 7) is 5.00. The number of hydrogen-bond acceptors (Lipinski definition) is 5. The molecule has 0 atom stereocenters. The van der Waals surface area contributed by atoms with E-state index >= 15 is 0 Å². The van der Waals surface area contributed by atoms with E-state index in [0.29, 0.717) is 41.6 Å². The fourth-order valence-corrected chi connectivity index (χ4v) is 3.65. The van der Waals surface area contributed by atoms with Crippen molar-refractivity contribution in [3.63, 3.8) is 0 Å². The number of pyridine rings is 1. The molecule has 0 radical (unpaired) electrons. The summed E-state index contributed by atoms with van der Waals surface area (Å²) >= 11 is 0. The summed E-state index contributed by atoms with van der Waals surface area (Å²) in [6.07, 6.45) is 3.31. The Morgan fingerprint density at radius 3 is 2.83 bits per heavy atom. The Labute approximate surface area is 167 Å². The lowest BCUT2D eigenvalue weighted by Crippen LogP contribution is -2.38. The molecule has 0 saturated carbocycles. The molecule has 4 heterocycles. The SMILES string of the molecule is CC(C)n1ncc2c(C(=O)N3CCOc4ccccc43)cc(-c3ccco3)nc21. The first-order valence-electron chi connectivity index (χ1n) is 9.59. The van der Waals surface area contributed by atoms with Gasteiger partial charge in [-0.1, -0.05) is 12.1 Å². The van der Waals surface area contributed by atoms with Gasteiger partial charge in [-0.2, -0.15) is 5.10 Å². The number of furan rings is 1. The van der Waals surface area contributed by atoms with Crippen LogP contribution < -0.4 is 9.64 Å². The Morgan fingerprint density at radius 1 is 1.17 bits per heavy atom. The minimum absolute atomic E-state index is 0.107. The zero-order valence-corrected chi connectivity index (χ0v) is 16.2. The zero-order valence-electron chi connectivity index (χ0n) is 16.2. The van der Waals surface area contributed by atoms with Gasteiger partial charge in [-0.3, -0.25) is 4.79 Å². The number of aromatic nitrogens is 3. The highest BCUT2D eigenvalue weighted by atomic mass is 16.5. The fraction of sp³-hybridized carbons (Fsp3) is 0.227. The highest BCUT2D eigenvalue weighted by Gasteiger charge is 2.27. The van der Waals surface area contributed by atoms with Gasteiger partial charge in [0.2, 0.25) is 0 Å². The number of carbonyl (C=O) groups is 1. The van der Waals surface area contributed by atoms with Gasteiger partial charge < -0.3 is 14.1 Å². The Bertz CT molecular complexity index is 1190. The summed E-state index contributed by atoms with van der Waals surface area (Å²) in [5.41, 5.74) is 2.59. The van der Waals surface area contributed by atoms with Gasteiger partial charge in [0.05, 0.1) is 35.6 Å². The molecule has 1 aliphatic rings. The molecule has 0 spiro atoms. The van der Waals surface area contributed by atoms with E-state index in [1.165, 1.54) is 0 Å². The Balaban J connectivity index is 1.69. The highest BCUT2D eigenvalue weighted by Crippen LogP contribution is 2.34. The van der Waals surface area contributed by atoms with Gasteiger partial charge in [0.1, 0.15) is 18.1 Å². The molecule has 1 aromatic carbocycles. The van der Waals surface area contributed by atoms with Crippen LogP contribution in [0.1, 0.15) is 30.2 Å². The second-order valence-corrected chi connectivity index (χ2v) is 7.23. The van der Waals surface area contributed by atoms with Crippen LogP contribution in [0.15, 0.2) is 59.3 Å². The van der Waals surface area contributed by atoms with Crippen LogP contribution in [0.5, 0.6) is 5.75 Å². The van der Waals surface area contributed by atoms with Crippen LogP contribution in [0.3, 0.4) is 0 Å². The topological polar surface area (TPSA) is 73.4 Å². The van der Waals surface area contributed by atoms with Crippen molar-refractivity contribution >= 4 is 22.6 Å². The van der Waals surface area contributed by atoms with Crippen LogP contribution in [-0.4, -0.2) is 33.8 Å². The van der Waals surface area contributed by atoms with Crippen molar-refractivity contribution in [2.75, 3.05) is 18.1 Å². The molecule has 5 rings (SSSR count). The molecule has 1 aliphatic heterocycles. The molecule has 0 N–H and O–H groups in total. The minimum Gasteiger partial charge on any atom is -0.490 e. The first-order chi connectivity index (χ1) is 14.1. The van der Waals surface area contributed by atoms with Gasteiger partial charge >= 0.3 is 0 Å². The molecule has 7 nitrogen and oxygen atoms in total. The van der Waals surface area contributed by atoms with E-state index in [-0.39, 0.29) is 11.9 Å². The third-order valence-electron chi connectivity index (χ3n) is 5.03. The van der Waals surface area contributed by atoms with Crippen LogP contribution >= 0.6 is 0 Å². The lowest BCUT2D eigenvalue weighted by molar-refractivity contribution is 0.0978. The number of rotatable bonds is 3. The third kappa shape index (κ3) is 2.86. The minimum atomic E-state index is -0.107. The molecule has 0 bridgehead atoms. The Hall–Kier alpha value is -3.61. The average Bonchev–Trinajstić information content (AvgIpc) is 3.42. The van der Waals surface area contributed by atoms with E-state index in [1.807, 2.05) is 48.9 Å². The number of amides is 1. The van der Waals surface area contributed by atoms with Gasteiger partial charge in [-0.25, -0.2) is 9.67 Å². The number of nitrogens with zero attached hydrogens (tertiary/aromatic N) is 4. The molecule has 0 fully saturated rings. The lowest BCUT2D eigenvalue weighted by atomic mass is 10.1. The standard InChI is InChI=1S/C22H20N4O3/c1-14(2)26-21-16(13-23-26)15(12-17(24-21)19-8-5-10-28-19)22(27)25-9-11-29-20-7-4-3-6-18(20)25/h3-8,10,12-14H,9,11H2,1-2H3. The number of fused-ring (bicyclic) bond motifs is 2. The average molecular weight is 388 g/mol. The summed E-state index contributed by atoms with van der Waals surface area (Å²) < 4.78 is 13.1. The molecule has 1 amide bonds. The van der Waals surface area contributed by atoms with Crippen molar-refractivity contribution in [2.45, 2.75) is 19.9 Å². The van der Waals surface area contributed by atoms with E-state index < -0.39 is 0 Å². The fourth-order valence-electron chi connectivity index (χ4n) is 3.65.